The minimum absolute atomic E-state index is 0.0720. The molecule has 0 N–H and O–H groups in total. The van der Waals surface area contributed by atoms with Gasteiger partial charge in [0.05, 0.1) is 26.2 Å². The number of rotatable bonds is 3. The molecule has 16 heavy (non-hydrogen) atoms. The maximum atomic E-state index is 11.5. The largest absolute Gasteiger partial charge is 0.469 e. The molecule has 0 amide bonds. The smallest absolute Gasteiger partial charge is 0.306 e. The first-order valence-electron chi connectivity index (χ1n) is 6.16. The number of carbonyl (C=O) groups is 1. The molecule has 2 fully saturated rings. The maximum Gasteiger partial charge on any atom is 0.306 e. The molecule has 1 saturated heterocycles. The fourth-order valence-electron chi connectivity index (χ4n) is 2.80. The fraction of sp³-hybridized carbons (Fsp3) is 0.923. The Kier molecular flexibility index (Phi) is 2.99. The zero-order valence-corrected chi connectivity index (χ0v) is 10.5. The van der Waals surface area contributed by atoms with Crippen molar-refractivity contribution in [3.8, 4) is 0 Å². The van der Waals surface area contributed by atoms with Crippen molar-refractivity contribution in [2.24, 2.45) is 10.8 Å². The van der Waals surface area contributed by atoms with Gasteiger partial charge in [0.2, 0.25) is 0 Å². The van der Waals surface area contributed by atoms with Crippen molar-refractivity contribution in [1.82, 2.24) is 0 Å². The van der Waals surface area contributed by atoms with Crippen LogP contribution in [-0.4, -0.2) is 25.8 Å². The minimum Gasteiger partial charge on any atom is -0.469 e. The Hall–Kier alpha value is -0.570. The third-order valence-electron chi connectivity index (χ3n) is 4.34. The van der Waals surface area contributed by atoms with Gasteiger partial charge in [-0.05, 0) is 31.1 Å². The summed E-state index contributed by atoms with van der Waals surface area (Å²) in [5.74, 6) is -0.0878. The second kappa shape index (κ2) is 4.02. The molecule has 0 radical (unpaired) electrons. The summed E-state index contributed by atoms with van der Waals surface area (Å²) in [6.45, 7) is 5.45. The average molecular weight is 226 g/mol. The van der Waals surface area contributed by atoms with E-state index in [4.69, 9.17) is 9.47 Å². The Morgan fingerprint density at radius 1 is 1.31 bits per heavy atom. The molecule has 0 aromatic carbocycles. The van der Waals surface area contributed by atoms with Crippen LogP contribution in [0.3, 0.4) is 0 Å². The molecule has 2 aliphatic rings. The highest BCUT2D eigenvalue weighted by Crippen LogP contribution is 2.52. The van der Waals surface area contributed by atoms with E-state index in [0.29, 0.717) is 17.9 Å². The standard InChI is InChI=1S/C13H22O3/c1-12(2)4-6-13(7-5-12,10-9-16-10)8-11(14)15-3/h10H,4-9H2,1-3H3. The molecular formula is C13H22O3. The van der Waals surface area contributed by atoms with Crippen LogP contribution in [0.4, 0.5) is 0 Å². The highest BCUT2D eigenvalue weighted by molar-refractivity contribution is 5.70. The van der Waals surface area contributed by atoms with E-state index in [1.54, 1.807) is 0 Å². The average Bonchev–Trinajstić information content (AvgIpc) is 3.05. The molecule has 3 heteroatoms. The van der Waals surface area contributed by atoms with Gasteiger partial charge < -0.3 is 9.47 Å². The van der Waals surface area contributed by atoms with Gasteiger partial charge in [-0.2, -0.15) is 0 Å². The molecule has 1 atom stereocenters. The van der Waals surface area contributed by atoms with E-state index < -0.39 is 0 Å². The second-order valence-corrected chi connectivity index (χ2v) is 6.10. The summed E-state index contributed by atoms with van der Waals surface area (Å²) in [4.78, 5) is 11.5. The molecule has 1 unspecified atom stereocenters. The summed E-state index contributed by atoms with van der Waals surface area (Å²) >= 11 is 0. The van der Waals surface area contributed by atoms with Crippen molar-refractivity contribution >= 4 is 5.97 Å². The molecule has 1 aliphatic carbocycles. The molecule has 0 aromatic rings. The minimum atomic E-state index is -0.0878. The summed E-state index contributed by atoms with van der Waals surface area (Å²) in [5, 5.41) is 0. The highest BCUT2D eigenvalue weighted by Gasteiger charge is 2.50. The predicted octanol–water partition coefficient (Wildman–Crippen LogP) is 2.53. The molecule has 2 rings (SSSR count). The molecule has 1 heterocycles. The van der Waals surface area contributed by atoms with Gasteiger partial charge in [0, 0.05) is 5.41 Å². The van der Waals surface area contributed by atoms with Crippen LogP contribution in [0.5, 0.6) is 0 Å². The van der Waals surface area contributed by atoms with Crippen molar-refractivity contribution in [3.05, 3.63) is 0 Å². The number of methoxy groups -OCH3 is 1. The van der Waals surface area contributed by atoms with Crippen LogP contribution in [0, 0.1) is 10.8 Å². The Labute approximate surface area is 97.5 Å². The quantitative estimate of drug-likeness (QED) is 0.548. The lowest BCUT2D eigenvalue weighted by molar-refractivity contribution is -0.145. The number of epoxide rings is 1. The summed E-state index contributed by atoms with van der Waals surface area (Å²) in [6, 6.07) is 0. The molecule has 1 saturated carbocycles. The van der Waals surface area contributed by atoms with Crippen LogP contribution < -0.4 is 0 Å². The van der Waals surface area contributed by atoms with Gasteiger partial charge in [-0.3, -0.25) is 4.79 Å². The summed E-state index contributed by atoms with van der Waals surface area (Å²) in [6.07, 6.45) is 5.40. The molecule has 92 valence electrons. The molecular weight excluding hydrogens is 204 g/mol. The van der Waals surface area contributed by atoms with Gasteiger partial charge in [0.1, 0.15) is 0 Å². The first kappa shape index (κ1) is 11.9. The zero-order chi connectivity index (χ0) is 11.8. The summed E-state index contributed by atoms with van der Waals surface area (Å²) in [5.41, 5.74) is 0.497. The van der Waals surface area contributed by atoms with Crippen molar-refractivity contribution in [1.29, 1.82) is 0 Å². The number of hydrogen-bond acceptors (Lipinski definition) is 3. The number of carbonyl (C=O) groups excluding carboxylic acids is 1. The van der Waals surface area contributed by atoms with Gasteiger partial charge in [0.15, 0.2) is 0 Å². The lowest BCUT2D eigenvalue weighted by Gasteiger charge is -2.42. The Balaban J connectivity index is 2.03. The Morgan fingerprint density at radius 2 is 1.88 bits per heavy atom. The van der Waals surface area contributed by atoms with Gasteiger partial charge in [0.25, 0.3) is 0 Å². The third-order valence-corrected chi connectivity index (χ3v) is 4.34. The lowest BCUT2D eigenvalue weighted by atomic mass is 9.62. The van der Waals surface area contributed by atoms with E-state index >= 15 is 0 Å². The van der Waals surface area contributed by atoms with E-state index in [2.05, 4.69) is 13.8 Å². The van der Waals surface area contributed by atoms with E-state index in [0.717, 1.165) is 19.4 Å². The number of esters is 1. The maximum absolute atomic E-state index is 11.5. The van der Waals surface area contributed by atoms with Crippen LogP contribution in [0.25, 0.3) is 0 Å². The van der Waals surface area contributed by atoms with Gasteiger partial charge in [-0.25, -0.2) is 0 Å². The molecule has 0 spiro atoms. The number of ether oxygens (including phenoxy) is 2. The van der Waals surface area contributed by atoms with Crippen LogP contribution in [0.15, 0.2) is 0 Å². The second-order valence-electron chi connectivity index (χ2n) is 6.10. The zero-order valence-electron chi connectivity index (χ0n) is 10.5. The van der Waals surface area contributed by atoms with Crippen LogP contribution in [0.1, 0.15) is 46.0 Å². The van der Waals surface area contributed by atoms with E-state index in [9.17, 15) is 4.79 Å². The van der Waals surface area contributed by atoms with E-state index in [1.807, 2.05) is 0 Å². The topological polar surface area (TPSA) is 38.8 Å². The Morgan fingerprint density at radius 3 is 2.31 bits per heavy atom. The molecule has 3 nitrogen and oxygen atoms in total. The van der Waals surface area contributed by atoms with Crippen molar-refractivity contribution in [3.63, 3.8) is 0 Å². The lowest BCUT2D eigenvalue weighted by Crippen LogP contribution is -2.37. The number of hydrogen-bond donors (Lipinski definition) is 0. The van der Waals surface area contributed by atoms with Crippen LogP contribution in [-0.2, 0) is 14.3 Å². The first-order chi connectivity index (χ1) is 7.47. The molecule has 0 aromatic heterocycles. The predicted molar refractivity (Wildman–Crippen MR) is 61.1 cm³/mol. The van der Waals surface area contributed by atoms with Gasteiger partial charge in [-0.1, -0.05) is 13.8 Å². The van der Waals surface area contributed by atoms with Crippen LogP contribution in [0.2, 0.25) is 0 Å². The third kappa shape index (κ3) is 2.40. The normalized spacial score (nSPS) is 30.8. The summed E-state index contributed by atoms with van der Waals surface area (Å²) in [7, 11) is 1.47. The van der Waals surface area contributed by atoms with Crippen molar-refractivity contribution in [2.45, 2.75) is 52.1 Å². The van der Waals surface area contributed by atoms with Crippen molar-refractivity contribution in [2.75, 3.05) is 13.7 Å². The SMILES string of the molecule is COC(=O)CC1(C2CO2)CCC(C)(C)CC1. The van der Waals surface area contributed by atoms with Crippen LogP contribution >= 0.6 is 0 Å². The molecule has 1 aliphatic heterocycles. The molecule has 0 bridgehead atoms. The van der Waals surface area contributed by atoms with Gasteiger partial charge in [-0.15, -0.1) is 0 Å². The fourth-order valence-corrected chi connectivity index (χ4v) is 2.80. The summed E-state index contributed by atoms with van der Waals surface area (Å²) < 4.78 is 10.3. The van der Waals surface area contributed by atoms with Gasteiger partial charge >= 0.3 is 5.97 Å². The van der Waals surface area contributed by atoms with E-state index in [1.165, 1.54) is 20.0 Å². The first-order valence-corrected chi connectivity index (χ1v) is 6.16. The highest BCUT2D eigenvalue weighted by atomic mass is 16.6. The monoisotopic (exact) mass is 226 g/mol. The van der Waals surface area contributed by atoms with E-state index in [-0.39, 0.29) is 11.4 Å². The van der Waals surface area contributed by atoms with Crippen molar-refractivity contribution < 1.29 is 14.3 Å². The Bertz CT molecular complexity index is 269.